The molecule has 28 heavy (non-hydrogen) atoms. The highest BCUT2D eigenvalue weighted by Gasteiger charge is 2.23. The van der Waals surface area contributed by atoms with Crippen LogP contribution in [0.15, 0.2) is 70.5 Å². The van der Waals surface area contributed by atoms with E-state index in [4.69, 9.17) is 0 Å². The number of hydrogen-bond acceptors (Lipinski definition) is 4. The molecule has 3 aromatic rings. The lowest BCUT2D eigenvalue weighted by Gasteiger charge is -2.14. The normalized spacial score (nSPS) is 12.1. The van der Waals surface area contributed by atoms with Crippen molar-refractivity contribution < 1.29 is 25.9 Å². The van der Waals surface area contributed by atoms with Gasteiger partial charge in [0.05, 0.1) is 0 Å². The summed E-state index contributed by atoms with van der Waals surface area (Å²) >= 11 is 0. The van der Waals surface area contributed by atoms with Gasteiger partial charge in [-0.2, -0.15) is 16.8 Å². The van der Waals surface area contributed by atoms with Gasteiger partial charge in [-0.15, -0.1) is 0 Å². The fraction of sp³-hybridized carbons (Fsp3) is 0.100. The first kappa shape index (κ1) is 20.2. The van der Waals surface area contributed by atoms with Crippen LogP contribution in [-0.4, -0.2) is 25.9 Å². The van der Waals surface area contributed by atoms with Gasteiger partial charge in [0.25, 0.3) is 20.2 Å². The molecule has 0 radical (unpaired) electrons. The zero-order valence-corrected chi connectivity index (χ0v) is 16.8. The van der Waals surface area contributed by atoms with Crippen molar-refractivity contribution in [1.29, 1.82) is 0 Å². The first-order chi connectivity index (χ1) is 13.0. The van der Waals surface area contributed by atoms with E-state index in [0.29, 0.717) is 5.56 Å². The van der Waals surface area contributed by atoms with E-state index in [1.807, 2.05) is 32.0 Å². The third-order valence-electron chi connectivity index (χ3n) is 4.42. The summed E-state index contributed by atoms with van der Waals surface area (Å²) in [6.45, 7) is 3.78. The van der Waals surface area contributed by atoms with Gasteiger partial charge in [-0.05, 0) is 42.7 Å². The topological polar surface area (TPSA) is 109 Å². The molecule has 8 heteroatoms. The van der Waals surface area contributed by atoms with E-state index in [1.165, 1.54) is 30.3 Å². The van der Waals surface area contributed by atoms with E-state index in [0.717, 1.165) is 22.8 Å². The molecule has 0 aliphatic heterocycles. The fourth-order valence-electron chi connectivity index (χ4n) is 3.09. The molecule has 0 aliphatic carbocycles. The maximum Gasteiger partial charge on any atom is 0.295 e. The SMILES string of the molecule is Cc1ccc(C)c(-c2ccc(-c3ccccc3S(=O)(=O)O)c(S(=O)(=O)O)c2)c1. The smallest absolute Gasteiger partial charge is 0.282 e. The fourth-order valence-corrected chi connectivity index (χ4v) is 4.52. The molecule has 3 rings (SSSR count). The minimum atomic E-state index is -4.67. The van der Waals surface area contributed by atoms with Crippen molar-refractivity contribution in [2.45, 2.75) is 23.6 Å². The van der Waals surface area contributed by atoms with Crippen molar-refractivity contribution in [3.05, 3.63) is 71.8 Å². The molecule has 0 aromatic heterocycles. The van der Waals surface area contributed by atoms with Gasteiger partial charge in [0.1, 0.15) is 9.79 Å². The average Bonchev–Trinajstić information content (AvgIpc) is 2.62. The van der Waals surface area contributed by atoms with E-state index in [-0.39, 0.29) is 11.1 Å². The predicted octanol–water partition coefficient (Wildman–Crippen LogP) is 4.13. The van der Waals surface area contributed by atoms with Crippen molar-refractivity contribution in [1.82, 2.24) is 0 Å². The minimum Gasteiger partial charge on any atom is -0.282 e. The Hall–Kier alpha value is -2.52. The summed E-state index contributed by atoms with van der Waals surface area (Å²) in [6.07, 6.45) is 0. The minimum absolute atomic E-state index is 0.0230. The van der Waals surface area contributed by atoms with Gasteiger partial charge in [0.2, 0.25) is 0 Å². The quantitative estimate of drug-likeness (QED) is 0.617. The maximum absolute atomic E-state index is 12.1. The van der Waals surface area contributed by atoms with Crippen LogP contribution in [0, 0.1) is 13.8 Å². The zero-order valence-electron chi connectivity index (χ0n) is 15.1. The molecule has 0 spiro atoms. The van der Waals surface area contributed by atoms with Crippen LogP contribution >= 0.6 is 0 Å². The molecule has 0 bridgehead atoms. The molecule has 0 heterocycles. The van der Waals surface area contributed by atoms with Crippen LogP contribution in [-0.2, 0) is 20.2 Å². The second kappa shape index (κ2) is 7.14. The highest BCUT2D eigenvalue weighted by Crippen LogP contribution is 2.36. The molecular weight excluding hydrogens is 400 g/mol. The third kappa shape index (κ3) is 4.00. The lowest BCUT2D eigenvalue weighted by molar-refractivity contribution is 0.480. The molecule has 0 atom stereocenters. The van der Waals surface area contributed by atoms with E-state index in [2.05, 4.69) is 0 Å². The van der Waals surface area contributed by atoms with Crippen molar-refractivity contribution >= 4 is 20.2 Å². The van der Waals surface area contributed by atoms with Gasteiger partial charge in [-0.3, -0.25) is 9.11 Å². The Morgan fingerprint density at radius 1 is 0.643 bits per heavy atom. The summed E-state index contributed by atoms with van der Waals surface area (Å²) in [5.41, 5.74) is 3.20. The van der Waals surface area contributed by atoms with Gasteiger partial charge < -0.3 is 0 Å². The molecule has 0 saturated heterocycles. The standard InChI is InChI=1S/C20H18O6S2/c1-13-7-8-14(2)18(11-13)15-9-10-17(20(12-15)28(24,25)26)16-5-3-4-6-19(16)27(21,22)23/h3-12H,1-2H3,(H,21,22,23)(H,24,25,26). The van der Waals surface area contributed by atoms with Crippen molar-refractivity contribution in [2.24, 2.45) is 0 Å². The van der Waals surface area contributed by atoms with E-state index in [1.54, 1.807) is 6.07 Å². The van der Waals surface area contributed by atoms with Crippen molar-refractivity contribution in [2.75, 3.05) is 0 Å². The largest absolute Gasteiger partial charge is 0.295 e. The molecule has 6 nitrogen and oxygen atoms in total. The van der Waals surface area contributed by atoms with Crippen molar-refractivity contribution in [3.8, 4) is 22.3 Å². The van der Waals surface area contributed by atoms with Crippen LogP contribution in [0.5, 0.6) is 0 Å². The second-order valence-corrected chi connectivity index (χ2v) is 9.26. The van der Waals surface area contributed by atoms with Gasteiger partial charge in [-0.25, -0.2) is 0 Å². The van der Waals surface area contributed by atoms with Gasteiger partial charge in [0.15, 0.2) is 0 Å². The average molecular weight is 418 g/mol. The van der Waals surface area contributed by atoms with Crippen LogP contribution in [0.2, 0.25) is 0 Å². The van der Waals surface area contributed by atoms with Crippen molar-refractivity contribution in [3.63, 3.8) is 0 Å². The number of hydrogen-bond donors (Lipinski definition) is 2. The number of aryl methyl sites for hydroxylation is 2. The van der Waals surface area contributed by atoms with Gasteiger partial charge >= 0.3 is 0 Å². The Kier molecular flexibility index (Phi) is 5.16. The number of benzene rings is 3. The Bertz CT molecular complexity index is 1280. The highest BCUT2D eigenvalue weighted by molar-refractivity contribution is 7.86. The van der Waals surface area contributed by atoms with Crippen LogP contribution in [0.1, 0.15) is 11.1 Å². The maximum atomic E-state index is 12.1. The summed E-state index contributed by atoms with van der Waals surface area (Å²) in [5.74, 6) is 0. The molecule has 0 aliphatic rings. The molecule has 3 aromatic carbocycles. The molecular formula is C20H18O6S2. The van der Waals surface area contributed by atoms with Crippen LogP contribution in [0.4, 0.5) is 0 Å². The van der Waals surface area contributed by atoms with Crippen LogP contribution < -0.4 is 0 Å². The monoisotopic (exact) mass is 418 g/mol. The lowest BCUT2D eigenvalue weighted by atomic mass is 9.96. The zero-order chi connectivity index (χ0) is 20.7. The van der Waals surface area contributed by atoms with Crippen LogP contribution in [0.3, 0.4) is 0 Å². The van der Waals surface area contributed by atoms with Gasteiger partial charge in [0, 0.05) is 11.1 Å². The summed E-state index contributed by atoms with van der Waals surface area (Å²) < 4.78 is 66.8. The Balaban J connectivity index is 2.33. The van der Waals surface area contributed by atoms with Gasteiger partial charge in [-0.1, -0.05) is 54.1 Å². The molecule has 0 fully saturated rings. The van der Waals surface area contributed by atoms with E-state index >= 15 is 0 Å². The van der Waals surface area contributed by atoms with E-state index in [9.17, 15) is 25.9 Å². The predicted molar refractivity (Wildman–Crippen MR) is 106 cm³/mol. The summed E-state index contributed by atoms with van der Waals surface area (Å²) in [6, 6.07) is 15.5. The first-order valence-electron chi connectivity index (χ1n) is 8.24. The molecule has 0 saturated carbocycles. The first-order valence-corrected chi connectivity index (χ1v) is 11.1. The Labute approximate surface area is 164 Å². The molecule has 0 amide bonds. The summed E-state index contributed by atoms with van der Waals surface area (Å²) in [7, 11) is -9.27. The molecule has 146 valence electrons. The second-order valence-electron chi connectivity index (χ2n) is 6.48. The molecule has 2 N–H and O–H groups in total. The molecule has 0 unspecified atom stereocenters. The summed E-state index contributed by atoms with van der Waals surface area (Å²) in [4.78, 5) is -0.888. The highest BCUT2D eigenvalue weighted by atomic mass is 32.2. The number of rotatable bonds is 4. The third-order valence-corrected chi connectivity index (χ3v) is 6.22. The lowest BCUT2D eigenvalue weighted by Crippen LogP contribution is -2.05. The van der Waals surface area contributed by atoms with E-state index < -0.39 is 30.0 Å². The van der Waals surface area contributed by atoms with Crippen LogP contribution in [0.25, 0.3) is 22.3 Å². The summed E-state index contributed by atoms with van der Waals surface area (Å²) in [5, 5.41) is 0. The Morgan fingerprint density at radius 2 is 1.25 bits per heavy atom. The Morgan fingerprint density at radius 3 is 1.89 bits per heavy atom.